The molecule has 1 rings (SSSR count). The third-order valence-corrected chi connectivity index (χ3v) is 4.66. The number of sulfonamides is 1. The number of aromatic carboxylic acids is 1. The Kier molecular flexibility index (Phi) is 5.30. The van der Waals surface area contributed by atoms with Crippen LogP contribution in [0.1, 0.15) is 41.8 Å². The van der Waals surface area contributed by atoms with E-state index in [1.165, 1.54) is 6.07 Å². The second-order valence-corrected chi connectivity index (χ2v) is 7.05. The molecule has 5 nitrogen and oxygen atoms in total. The molecule has 1 aromatic rings. The van der Waals surface area contributed by atoms with Gasteiger partial charge in [0.05, 0.1) is 10.5 Å². The highest BCUT2D eigenvalue weighted by molar-refractivity contribution is 7.89. The van der Waals surface area contributed by atoms with Crippen molar-refractivity contribution in [3.8, 4) is 0 Å². The normalized spacial score (nSPS) is 11.8. The fourth-order valence-electron chi connectivity index (χ4n) is 1.91. The molecule has 20 heavy (non-hydrogen) atoms. The Balaban J connectivity index is 3.11. The number of nitrogens with one attached hydrogen (secondary N) is 1. The maximum Gasteiger partial charge on any atom is 0.335 e. The van der Waals surface area contributed by atoms with Crippen molar-refractivity contribution in [2.45, 2.75) is 39.0 Å². The number of carbonyl (C=O) groups is 1. The molecule has 0 heterocycles. The predicted octanol–water partition coefficient (Wildman–Crippen LogP) is 2.33. The van der Waals surface area contributed by atoms with Crippen molar-refractivity contribution in [3.05, 3.63) is 28.8 Å². The summed E-state index contributed by atoms with van der Waals surface area (Å²) in [6, 6.07) is 2.81. The molecule has 6 heteroatoms. The van der Waals surface area contributed by atoms with Crippen LogP contribution in [-0.4, -0.2) is 26.0 Å². The predicted molar refractivity (Wildman–Crippen MR) is 77.5 cm³/mol. The molecule has 0 saturated carbocycles. The number of benzene rings is 1. The maximum absolute atomic E-state index is 12.2. The van der Waals surface area contributed by atoms with Gasteiger partial charge in [-0.25, -0.2) is 17.9 Å². The molecule has 1 aromatic carbocycles. The summed E-state index contributed by atoms with van der Waals surface area (Å²) in [7, 11) is -3.67. The lowest BCUT2D eigenvalue weighted by Crippen LogP contribution is -2.26. The third kappa shape index (κ3) is 4.05. The highest BCUT2D eigenvalue weighted by Gasteiger charge is 2.20. The molecule has 0 saturated heterocycles. The Morgan fingerprint density at radius 1 is 1.25 bits per heavy atom. The van der Waals surface area contributed by atoms with Crippen molar-refractivity contribution in [1.82, 2.24) is 4.72 Å². The maximum atomic E-state index is 12.2. The summed E-state index contributed by atoms with van der Waals surface area (Å²) in [6.07, 6.45) is 0.732. The zero-order chi connectivity index (χ0) is 15.5. The fourth-order valence-corrected chi connectivity index (χ4v) is 3.21. The summed E-state index contributed by atoms with van der Waals surface area (Å²) < 4.78 is 26.9. The molecule has 0 bridgehead atoms. The molecule has 0 atom stereocenters. The van der Waals surface area contributed by atoms with E-state index in [1.54, 1.807) is 19.9 Å². The number of aryl methyl sites for hydroxylation is 2. The molecule has 0 aliphatic rings. The molecular formula is C14H21NO4S. The molecule has 0 fully saturated rings. The molecule has 0 aromatic heterocycles. The first-order valence-electron chi connectivity index (χ1n) is 6.49. The van der Waals surface area contributed by atoms with Gasteiger partial charge in [0, 0.05) is 6.54 Å². The van der Waals surface area contributed by atoms with Gasteiger partial charge in [-0.05, 0) is 43.4 Å². The topological polar surface area (TPSA) is 83.5 Å². The van der Waals surface area contributed by atoms with Crippen LogP contribution in [0.4, 0.5) is 0 Å². The van der Waals surface area contributed by atoms with E-state index in [0.717, 1.165) is 6.42 Å². The number of rotatable bonds is 6. The number of hydrogen-bond donors (Lipinski definition) is 2. The van der Waals surface area contributed by atoms with Crippen LogP contribution in [0.15, 0.2) is 17.0 Å². The van der Waals surface area contributed by atoms with Gasteiger partial charge in [0.25, 0.3) is 0 Å². The minimum Gasteiger partial charge on any atom is -0.478 e. The highest BCUT2D eigenvalue weighted by Crippen LogP contribution is 2.20. The van der Waals surface area contributed by atoms with E-state index in [4.69, 9.17) is 5.11 Å². The monoisotopic (exact) mass is 299 g/mol. The number of carboxylic acid groups (broad SMARTS) is 1. The number of carboxylic acids is 1. The lowest BCUT2D eigenvalue weighted by atomic mass is 10.1. The summed E-state index contributed by atoms with van der Waals surface area (Å²) in [5, 5.41) is 9.08. The Morgan fingerprint density at radius 3 is 2.35 bits per heavy atom. The highest BCUT2D eigenvalue weighted by atomic mass is 32.2. The standard InChI is InChI=1S/C14H21NO4S/c1-9(2)5-6-15-20(18,19)13-8-12(14(16)17)10(3)7-11(13)4/h7-9,15H,5-6H2,1-4H3,(H,16,17). The van der Waals surface area contributed by atoms with Gasteiger partial charge in [-0.1, -0.05) is 19.9 Å². The lowest BCUT2D eigenvalue weighted by Gasteiger charge is -2.12. The van der Waals surface area contributed by atoms with Crippen molar-refractivity contribution >= 4 is 16.0 Å². The summed E-state index contributed by atoms with van der Waals surface area (Å²) >= 11 is 0. The van der Waals surface area contributed by atoms with E-state index < -0.39 is 16.0 Å². The quantitative estimate of drug-likeness (QED) is 0.844. The fraction of sp³-hybridized carbons (Fsp3) is 0.500. The molecular weight excluding hydrogens is 278 g/mol. The Bertz CT molecular complexity index is 606. The molecule has 0 amide bonds. The lowest BCUT2D eigenvalue weighted by molar-refractivity contribution is 0.0696. The second kappa shape index (κ2) is 6.37. The van der Waals surface area contributed by atoms with Crippen molar-refractivity contribution in [1.29, 1.82) is 0 Å². The van der Waals surface area contributed by atoms with E-state index >= 15 is 0 Å². The Hall–Kier alpha value is -1.40. The average Bonchev–Trinajstić information content (AvgIpc) is 2.26. The summed E-state index contributed by atoms with van der Waals surface area (Å²) in [5.74, 6) is -0.729. The van der Waals surface area contributed by atoms with Crippen LogP contribution in [0.3, 0.4) is 0 Å². The van der Waals surface area contributed by atoms with Gasteiger partial charge in [0.1, 0.15) is 0 Å². The SMILES string of the molecule is Cc1cc(C)c(S(=O)(=O)NCCC(C)C)cc1C(=O)O. The van der Waals surface area contributed by atoms with E-state index in [2.05, 4.69) is 4.72 Å². The molecule has 0 unspecified atom stereocenters. The van der Waals surface area contributed by atoms with Gasteiger partial charge in [-0.15, -0.1) is 0 Å². The molecule has 2 N–H and O–H groups in total. The first-order chi connectivity index (χ1) is 9.15. The van der Waals surface area contributed by atoms with Gasteiger partial charge in [0.2, 0.25) is 10.0 Å². The molecule has 0 spiro atoms. The summed E-state index contributed by atoms with van der Waals surface area (Å²) in [4.78, 5) is 11.1. The average molecular weight is 299 g/mol. The van der Waals surface area contributed by atoms with E-state index in [0.29, 0.717) is 23.6 Å². The minimum absolute atomic E-state index is 0.0137. The smallest absolute Gasteiger partial charge is 0.335 e. The zero-order valence-electron chi connectivity index (χ0n) is 12.2. The van der Waals surface area contributed by atoms with Crippen LogP contribution in [0.25, 0.3) is 0 Å². The molecule has 0 radical (unpaired) electrons. The minimum atomic E-state index is -3.67. The summed E-state index contributed by atoms with van der Waals surface area (Å²) in [5.41, 5.74) is 1.11. The van der Waals surface area contributed by atoms with Crippen molar-refractivity contribution < 1.29 is 18.3 Å². The molecule has 0 aliphatic carbocycles. The van der Waals surface area contributed by atoms with Crippen LogP contribution in [0.2, 0.25) is 0 Å². The van der Waals surface area contributed by atoms with E-state index in [1.807, 2.05) is 13.8 Å². The van der Waals surface area contributed by atoms with Gasteiger partial charge >= 0.3 is 5.97 Å². The number of hydrogen-bond acceptors (Lipinski definition) is 3. The zero-order valence-corrected chi connectivity index (χ0v) is 13.0. The van der Waals surface area contributed by atoms with Gasteiger partial charge in [0.15, 0.2) is 0 Å². The molecule has 0 aliphatic heterocycles. The van der Waals surface area contributed by atoms with E-state index in [9.17, 15) is 13.2 Å². The van der Waals surface area contributed by atoms with Crippen LogP contribution in [0.5, 0.6) is 0 Å². The molecule has 112 valence electrons. The van der Waals surface area contributed by atoms with Crippen LogP contribution in [-0.2, 0) is 10.0 Å². The van der Waals surface area contributed by atoms with Crippen molar-refractivity contribution in [3.63, 3.8) is 0 Å². The Labute approximate surface area is 120 Å². The van der Waals surface area contributed by atoms with Crippen LogP contribution < -0.4 is 4.72 Å². The Morgan fingerprint density at radius 2 is 1.85 bits per heavy atom. The first-order valence-corrected chi connectivity index (χ1v) is 7.97. The first kappa shape index (κ1) is 16.7. The second-order valence-electron chi connectivity index (χ2n) is 5.32. The van der Waals surface area contributed by atoms with Gasteiger partial charge in [-0.3, -0.25) is 0 Å². The van der Waals surface area contributed by atoms with Crippen molar-refractivity contribution in [2.75, 3.05) is 6.54 Å². The van der Waals surface area contributed by atoms with Gasteiger partial charge < -0.3 is 5.11 Å². The van der Waals surface area contributed by atoms with E-state index in [-0.39, 0.29) is 10.5 Å². The van der Waals surface area contributed by atoms with Crippen LogP contribution in [0, 0.1) is 19.8 Å². The third-order valence-electron chi connectivity index (χ3n) is 3.06. The van der Waals surface area contributed by atoms with Gasteiger partial charge in [-0.2, -0.15) is 0 Å². The largest absolute Gasteiger partial charge is 0.478 e. The summed E-state index contributed by atoms with van der Waals surface area (Å²) in [6.45, 7) is 7.67. The van der Waals surface area contributed by atoms with Crippen LogP contribution >= 0.6 is 0 Å². The van der Waals surface area contributed by atoms with Crippen molar-refractivity contribution in [2.24, 2.45) is 5.92 Å².